The van der Waals surface area contributed by atoms with Crippen molar-refractivity contribution in [3.05, 3.63) is 0 Å². The molecule has 1 saturated carbocycles. The van der Waals surface area contributed by atoms with E-state index in [4.69, 9.17) is 25.0 Å². The van der Waals surface area contributed by atoms with Gasteiger partial charge in [-0.15, -0.1) is 0 Å². The van der Waals surface area contributed by atoms with E-state index in [0.717, 1.165) is 25.7 Å². The second kappa shape index (κ2) is 5.15. The molecule has 23 heavy (non-hydrogen) atoms. The summed E-state index contributed by atoms with van der Waals surface area (Å²) in [5.74, 6) is 0.242. The van der Waals surface area contributed by atoms with Gasteiger partial charge >= 0.3 is 0 Å². The Morgan fingerprint density at radius 3 is 2.70 bits per heavy atom. The molecule has 0 aromatic heterocycles. The van der Waals surface area contributed by atoms with E-state index in [1.165, 1.54) is 0 Å². The molecule has 1 amide bonds. The first-order valence-corrected chi connectivity index (χ1v) is 8.84. The van der Waals surface area contributed by atoms with Crippen LogP contribution >= 0.6 is 0 Å². The molecule has 4 aliphatic heterocycles. The first kappa shape index (κ1) is 15.8. The molecule has 5 aliphatic rings. The maximum atomic E-state index is 11.4. The zero-order valence-corrected chi connectivity index (χ0v) is 14.1. The minimum Gasteiger partial charge on any atom is -0.370 e. The Morgan fingerprint density at radius 2 is 1.96 bits per heavy atom. The Bertz CT molecular complexity index is 513. The Morgan fingerprint density at radius 1 is 1.17 bits per heavy atom. The lowest BCUT2D eigenvalue weighted by molar-refractivity contribution is -0.570. The van der Waals surface area contributed by atoms with Crippen LogP contribution in [-0.2, 0) is 24.0 Å². The van der Waals surface area contributed by atoms with E-state index in [1.807, 2.05) is 6.92 Å². The normalized spacial score (nSPS) is 55.1. The molecule has 0 aromatic carbocycles. The highest BCUT2D eigenvalue weighted by Crippen LogP contribution is 2.60. The van der Waals surface area contributed by atoms with Gasteiger partial charge < -0.3 is 15.2 Å². The van der Waals surface area contributed by atoms with Crippen molar-refractivity contribution in [3.8, 4) is 0 Å². The predicted molar refractivity (Wildman–Crippen MR) is 80.6 cm³/mol. The first-order valence-electron chi connectivity index (χ1n) is 8.84. The number of ether oxygens (including phenoxy) is 2. The van der Waals surface area contributed by atoms with Crippen LogP contribution < -0.4 is 5.73 Å². The minimum absolute atomic E-state index is 0.184. The van der Waals surface area contributed by atoms with Gasteiger partial charge in [-0.05, 0) is 43.9 Å². The quantitative estimate of drug-likeness (QED) is 0.787. The van der Waals surface area contributed by atoms with E-state index in [-0.39, 0.29) is 30.3 Å². The standard InChI is InChI=1S/C17H27NO5/c1-9-4-5-12-10(2)13(8-14(18)19)20-15-17(12)11(9)6-7-16(3,21-15)22-23-17/h9-13,15H,4-8H2,1-3H3,(H2,18,19)/t9-,10-,11+,12+,13+,15-,16-,17-/m1/s1. The van der Waals surface area contributed by atoms with Gasteiger partial charge in [0.2, 0.25) is 11.7 Å². The minimum atomic E-state index is -0.768. The number of nitrogens with two attached hydrogens (primary N) is 1. The number of hydrogen-bond donors (Lipinski definition) is 1. The fourth-order valence-electron chi connectivity index (χ4n) is 5.41. The van der Waals surface area contributed by atoms with Gasteiger partial charge in [0.15, 0.2) is 11.9 Å². The molecule has 2 N–H and O–H groups in total. The second-order valence-electron chi connectivity index (χ2n) is 8.11. The van der Waals surface area contributed by atoms with Gasteiger partial charge in [0, 0.05) is 12.3 Å². The molecule has 0 unspecified atom stereocenters. The molecule has 4 heterocycles. The molecule has 6 heteroatoms. The molecule has 1 spiro atoms. The lowest BCUT2D eigenvalue weighted by atomic mass is 9.57. The second-order valence-corrected chi connectivity index (χ2v) is 8.11. The maximum Gasteiger partial charge on any atom is 0.220 e. The van der Waals surface area contributed by atoms with Gasteiger partial charge in [0.25, 0.3) is 0 Å². The Kier molecular flexibility index (Phi) is 3.54. The van der Waals surface area contributed by atoms with Gasteiger partial charge in [0.05, 0.1) is 12.5 Å². The van der Waals surface area contributed by atoms with E-state index in [0.29, 0.717) is 11.8 Å². The summed E-state index contributed by atoms with van der Waals surface area (Å²) in [7, 11) is 0. The smallest absolute Gasteiger partial charge is 0.220 e. The summed E-state index contributed by atoms with van der Waals surface area (Å²) in [4.78, 5) is 23.2. The van der Waals surface area contributed by atoms with Crippen LogP contribution in [0.2, 0.25) is 0 Å². The van der Waals surface area contributed by atoms with Gasteiger partial charge in [0.1, 0.15) is 0 Å². The average molecular weight is 325 g/mol. The van der Waals surface area contributed by atoms with E-state index < -0.39 is 17.7 Å². The van der Waals surface area contributed by atoms with Gasteiger partial charge in [-0.25, -0.2) is 9.78 Å². The van der Waals surface area contributed by atoms with Crippen molar-refractivity contribution in [2.45, 2.75) is 76.7 Å². The number of rotatable bonds is 2. The van der Waals surface area contributed by atoms with Crippen molar-refractivity contribution >= 4 is 5.91 Å². The topological polar surface area (TPSA) is 80.0 Å². The molecule has 6 nitrogen and oxygen atoms in total. The van der Waals surface area contributed by atoms with Crippen LogP contribution in [0.4, 0.5) is 0 Å². The molecular formula is C17H27NO5. The van der Waals surface area contributed by atoms with E-state index in [1.54, 1.807) is 0 Å². The highest BCUT2D eigenvalue weighted by atomic mass is 17.3. The van der Waals surface area contributed by atoms with Gasteiger partial charge in [-0.2, -0.15) is 0 Å². The molecule has 5 rings (SSSR count). The monoisotopic (exact) mass is 325 g/mol. The number of carbonyl (C=O) groups is 1. The third kappa shape index (κ3) is 2.18. The van der Waals surface area contributed by atoms with Crippen LogP contribution in [0.3, 0.4) is 0 Å². The first-order chi connectivity index (χ1) is 10.9. The van der Waals surface area contributed by atoms with Crippen LogP contribution in [0.1, 0.15) is 52.9 Å². The van der Waals surface area contributed by atoms with Crippen molar-refractivity contribution in [1.29, 1.82) is 0 Å². The summed E-state index contributed by atoms with van der Waals surface area (Å²) in [5, 5.41) is 0. The summed E-state index contributed by atoms with van der Waals surface area (Å²) < 4.78 is 12.5. The average Bonchev–Trinajstić information content (AvgIpc) is 2.70. The highest BCUT2D eigenvalue weighted by molar-refractivity contribution is 5.74. The summed E-state index contributed by atoms with van der Waals surface area (Å²) in [6.07, 6.45) is 3.54. The van der Waals surface area contributed by atoms with Crippen molar-refractivity contribution in [3.63, 3.8) is 0 Å². The summed E-state index contributed by atoms with van der Waals surface area (Å²) in [5.41, 5.74) is 4.86. The molecular weight excluding hydrogens is 298 g/mol. The largest absolute Gasteiger partial charge is 0.370 e. The van der Waals surface area contributed by atoms with Crippen molar-refractivity contribution in [1.82, 2.24) is 0 Å². The SMILES string of the molecule is C[C@H]1[C@H](CC(N)=O)O[C@@H]2O[C@@]3(C)CC[C@H]4[C@H](C)CC[C@@H]1[C@@]24OO3. The van der Waals surface area contributed by atoms with E-state index in [9.17, 15) is 4.79 Å². The number of amides is 1. The molecule has 130 valence electrons. The fraction of sp³-hybridized carbons (Fsp3) is 0.941. The third-order valence-electron chi connectivity index (χ3n) is 6.70. The molecule has 1 aliphatic carbocycles. The van der Waals surface area contributed by atoms with Crippen molar-refractivity contribution in [2.24, 2.45) is 29.4 Å². The molecule has 0 aromatic rings. The van der Waals surface area contributed by atoms with E-state index >= 15 is 0 Å². The van der Waals surface area contributed by atoms with Crippen molar-refractivity contribution < 1.29 is 24.0 Å². The van der Waals surface area contributed by atoms with Crippen LogP contribution in [0.5, 0.6) is 0 Å². The van der Waals surface area contributed by atoms with E-state index in [2.05, 4.69) is 13.8 Å². The Balaban J connectivity index is 1.74. The number of hydrogen-bond acceptors (Lipinski definition) is 5. The summed E-state index contributed by atoms with van der Waals surface area (Å²) in [6.45, 7) is 6.33. The highest BCUT2D eigenvalue weighted by Gasteiger charge is 2.69. The summed E-state index contributed by atoms with van der Waals surface area (Å²) >= 11 is 0. The zero-order valence-electron chi connectivity index (χ0n) is 14.1. The number of carbonyl (C=O) groups excluding carboxylic acids is 1. The number of fused-ring (bicyclic) bond motifs is 2. The molecule has 8 atom stereocenters. The lowest BCUT2D eigenvalue weighted by Crippen LogP contribution is -2.70. The summed E-state index contributed by atoms with van der Waals surface area (Å²) in [6, 6.07) is 0. The van der Waals surface area contributed by atoms with Crippen LogP contribution in [0.25, 0.3) is 0 Å². The van der Waals surface area contributed by atoms with Crippen molar-refractivity contribution in [2.75, 3.05) is 0 Å². The van der Waals surface area contributed by atoms with Crippen LogP contribution in [0, 0.1) is 23.7 Å². The predicted octanol–water partition coefficient (Wildman–Crippen LogP) is 2.11. The third-order valence-corrected chi connectivity index (χ3v) is 6.70. The Hall–Kier alpha value is -0.690. The molecule has 5 fully saturated rings. The molecule has 0 radical (unpaired) electrons. The van der Waals surface area contributed by atoms with Gasteiger partial charge in [-0.3, -0.25) is 4.79 Å². The Labute approximate surface area is 136 Å². The zero-order chi connectivity index (χ0) is 16.4. The van der Waals surface area contributed by atoms with Crippen LogP contribution in [-0.4, -0.2) is 29.7 Å². The molecule has 4 saturated heterocycles. The molecule has 2 bridgehead atoms. The van der Waals surface area contributed by atoms with Gasteiger partial charge in [-0.1, -0.05) is 13.8 Å². The maximum absolute atomic E-state index is 11.4. The van der Waals surface area contributed by atoms with Crippen LogP contribution in [0.15, 0.2) is 0 Å². The fourth-order valence-corrected chi connectivity index (χ4v) is 5.41. The lowest BCUT2D eigenvalue weighted by Gasteiger charge is -2.60. The number of primary amides is 1.